The molecular formula is C11H12N4O2. The summed E-state index contributed by atoms with van der Waals surface area (Å²) in [6.07, 6.45) is 5.44. The van der Waals surface area contributed by atoms with E-state index in [4.69, 9.17) is 0 Å². The summed E-state index contributed by atoms with van der Waals surface area (Å²) < 4.78 is 0. The van der Waals surface area contributed by atoms with Gasteiger partial charge in [-0.05, 0) is 6.07 Å². The van der Waals surface area contributed by atoms with Gasteiger partial charge in [0.15, 0.2) is 0 Å². The van der Waals surface area contributed by atoms with E-state index in [0.717, 1.165) is 5.82 Å². The van der Waals surface area contributed by atoms with Crippen molar-refractivity contribution in [2.75, 3.05) is 6.54 Å². The summed E-state index contributed by atoms with van der Waals surface area (Å²) in [4.78, 5) is 31.9. The predicted octanol–water partition coefficient (Wildman–Crippen LogP) is 0.0705. The molecule has 17 heavy (non-hydrogen) atoms. The summed E-state index contributed by atoms with van der Waals surface area (Å²) in [5.74, 6) is 0.611. The SMILES string of the molecule is O=C(NCCc1ncc[nH]1)c1ccc(=O)[nH]c1. The van der Waals surface area contributed by atoms with Crippen molar-refractivity contribution in [3.8, 4) is 0 Å². The molecule has 2 aromatic rings. The number of nitrogens with zero attached hydrogens (tertiary/aromatic N) is 1. The van der Waals surface area contributed by atoms with E-state index in [-0.39, 0.29) is 11.5 Å². The molecule has 0 aliphatic carbocycles. The zero-order chi connectivity index (χ0) is 12.1. The van der Waals surface area contributed by atoms with Gasteiger partial charge in [0.2, 0.25) is 5.56 Å². The van der Waals surface area contributed by atoms with Crippen LogP contribution in [0.3, 0.4) is 0 Å². The highest BCUT2D eigenvalue weighted by molar-refractivity contribution is 5.93. The molecule has 0 aliphatic rings. The van der Waals surface area contributed by atoms with Crippen LogP contribution in [0.5, 0.6) is 0 Å². The van der Waals surface area contributed by atoms with Gasteiger partial charge in [-0.1, -0.05) is 0 Å². The largest absolute Gasteiger partial charge is 0.352 e. The number of hydrogen-bond acceptors (Lipinski definition) is 3. The average molecular weight is 232 g/mol. The Morgan fingerprint density at radius 3 is 2.88 bits per heavy atom. The summed E-state index contributed by atoms with van der Waals surface area (Å²) in [5, 5.41) is 2.74. The van der Waals surface area contributed by atoms with Crippen molar-refractivity contribution < 1.29 is 4.79 Å². The van der Waals surface area contributed by atoms with Crippen molar-refractivity contribution in [1.29, 1.82) is 0 Å². The van der Waals surface area contributed by atoms with Crippen LogP contribution in [0.2, 0.25) is 0 Å². The van der Waals surface area contributed by atoms with Crippen LogP contribution in [0.25, 0.3) is 0 Å². The second-order valence-electron chi connectivity index (χ2n) is 3.48. The number of aromatic nitrogens is 3. The second kappa shape index (κ2) is 5.11. The maximum atomic E-state index is 11.6. The minimum Gasteiger partial charge on any atom is -0.352 e. The van der Waals surface area contributed by atoms with Crippen molar-refractivity contribution in [3.05, 3.63) is 52.5 Å². The maximum Gasteiger partial charge on any atom is 0.252 e. The quantitative estimate of drug-likeness (QED) is 0.696. The van der Waals surface area contributed by atoms with Crippen LogP contribution >= 0.6 is 0 Å². The molecule has 2 aromatic heterocycles. The van der Waals surface area contributed by atoms with Crippen LogP contribution < -0.4 is 10.9 Å². The Kier molecular flexibility index (Phi) is 3.34. The molecule has 88 valence electrons. The van der Waals surface area contributed by atoms with E-state index in [0.29, 0.717) is 18.5 Å². The monoisotopic (exact) mass is 232 g/mol. The number of rotatable bonds is 4. The molecule has 6 heteroatoms. The first-order valence-electron chi connectivity index (χ1n) is 5.21. The Hall–Kier alpha value is -2.37. The van der Waals surface area contributed by atoms with Crippen LogP contribution in [0.4, 0.5) is 0 Å². The third-order valence-corrected chi connectivity index (χ3v) is 2.25. The smallest absolute Gasteiger partial charge is 0.252 e. The topological polar surface area (TPSA) is 90.6 Å². The Morgan fingerprint density at radius 2 is 2.24 bits per heavy atom. The number of amides is 1. The molecule has 0 radical (unpaired) electrons. The van der Waals surface area contributed by atoms with E-state index >= 15 is 0 Å². The zero-order valence-electron chi connectivity index (χ0n) is 9.06. The summed E-state index contributed by atoms with van der Waals surface area (Å²) in [5.41, 5.74) is 0.209. The van der Waals surface area contributed by atoms with Gasteiger partial charge in [0.25, 0.3) is 5.91 Å². The lowest BCUT2D eigenvalue weighted by molar-refractivity contribution is 0.0953. The molecule has 3 N–H and O–H groups in total. The molecule has 1 amide bonds. The second-order valence-corrected chi connectivity index (χ2v) is 3.48. The van der Waals surface area contributed by atoms with E-state index in [2.05, 4.69) is 20.3 Å². The fourth-order valence-electron chi connectivity index (χ4n) is 1.38. The van der Waals surface area contributed by atoms with Gasteiger partial charge in [0.1, 0.15) is 5.82 Å². The van der Waals surface area contributed by atoms with Gasteiger partial charge in [-0.2, -0.15) is 0 Å². The Morgan fingerprint density at radius 1 is 1.35 bits per heavy atom. The molecular weight excluding hydrogens is 220 g/mol. The number of aromatic amines is 2. The first-order chi connectivity index (χ1) is 8.25. The standard InChI is InChI=1S/C11H12N4O2/c16-10-2-1-8(7-15-10)11(17)14-4-3-9-12-5-6-13-9/h1-2,5-7H,3-4H2,(H,12,13)(H,14,17)(H,15,16). The maximum absolute atomic E-state index is 11.6. The molecule has 0 aliphatic heterocycles. The minimum absolute atomic E-state index is 0.215. The molecule has 2 heterocycles. The van der Waals surface area contributed by atoms with Crippen molar-refractivity contribution in [2.24, 2.45) is 0 Å². The van der Waals surface area contributed by atoms with Crippen LogP contribution in [0.15, 0.2) is 35.5 Å². The summed E-state index contributed by atoms with van der Waals surface area (Å²) >= 11 is 0. The number of pyridine rings is 1. The Labute approximate surface area is 97.1 Å². The molecule has 0 fully saturated rings. The molecule has 0 spiro atoms. The van der Waals surface area contributed by atoms with E-state index < -0.39 is 0 Å². The molecule has 0 saturated carbocycles. The van der Waals surface area contributed by atoms with Crippen molar-refractivity contribution in [2.45, 2.75) is 6.42 Å². The van der Waals surface area contributed by atoms with Gasteiger partial charge >= 0.3 is 0 Å². The number of hydrogen-bond donors (Lipinski definition) is 3. The molecule has 6 nitrogen and oxygen atoms in total. The highest BCUT2D eigenvalue weighted by Crippen LogP contribution is 1.93. The fourth-order valence-corrected chi connectivity index (χ4v) is 1.38. The third kappa shape index (κ3) is 3.04. The van der Waals surface area contributed by atoms with E-state index in [1.165, 1.54) is 18.3 Å². The number of carbonyl (C=O) groups is 1. The van der Waals surface area contributed by atoms with Gasteiger partial charge < -0.3 is 15.3 Å². The number of imidazole rings is 1. The van der Waals surface area contributed by atoms with E-state index in [9.17, 15) is 9.59 Å². The van der Waals surface area contributed by atoms with Gasteiger partial charge in [-0.3, -0.25) is 9.59 Å². The fraction of sp³-hybridized carbons (Fsp3) is 0.182. The number of carbonyl (C=O) groups excluding carboxylic acids is 1. The zero-order valence-corrected chi connectivity index (χ0v) is 9.06. The Balaban J connectivity index is 1.85. The number of nitrogens with one attached hydrogen (secondary N) is 3. The van der Waals surface area contributed by atoms with Crippen LogP contribution in [0, 0.1) is 0 Å². The van der Waals surface area contributed by atoms with Crippen molar-refractivity contribution in [3.63, 3.8) is 0 Å². The predicted molar refractivity (Wildman–Crippen MR) is 61.7 cm³/mol. The van der Waals surface area contributed by atoms with E-state index in [1.54, 1.807) is 12.4 Å². The molecule has 0 aromatic carbocycles. The lowest BCUT2D eigenvalue weighted by Gasteiger charge is -2.03. The molecule has 2 rings (SSSR count). The van der Waals surface area contributed by atoms with Crippen molar-refractivity contribution >= 4 is 5.91 Å². The third-order valence-electron chi connectivity index (χ3n) is 2.25. The summed E-state index contributed by atoms with van der Waals surface area (Å²) in [7, 11) is 0. The number of H-pyrrole nitrogens is 2. The lowest BCUT2D eigenvalue weighted by Crippen LogP contribution is -2.26. The van der Waals surface area contributed by atoms with Crippen molar-refractivity contribution in [1.82, 2.24) is 20.3 Å². The Bertz CT molecular complexity index is 524. The van der Waals surface area contributed by atoms with E-state index in [1.807, 2.05) is 0 Å². The van der Waals surface area contributed by atoms with Crippen LogP contribution in [-0.4, -0.2) is 27.4 Å². The molecule has 0 atom stereocenters. The molecule has 0 unspecified atom stereocenters. The summed E-state index contributed by atoms with van der Waals surface area (Å²) in [6.45, 7) is 0.492. The first kappa shape index (κ1) is 11.1. The van der Waals surface area contributed by atoms with Gasteiger partial charge in [0, 0.05) is 37.6 Å². The van der Waals surface area contributed by atoms with Crippen LogP contribution in [-0.2, 0) is 6.42 Å². The first-order valence-corrected chi connectivity index (χ1v) is 5.21. The van der Waals surface area contributed by atoms with Gasteiger partial charge in [-0.25, -0.2) is 4.98 Å². The molecule has 0 saturated heterocycles. The summed E-state index contributed by atoms with van der Waals surface area (Å²) in [6, 6.07) is 2.81. The highest BCUT2D eigenvalue weighted by atomic mass is 16.1. The lowest BCUT2D eigenvalue weighted by atomic mass is 10.2. The van der Waals surface area contributed by atoms with Gasteiger partial charge in [-0.15, -0.1) is 0 Å². The van der Waals surface area contributed by atoms with Crippen LogP contribution in [0.1, 0.15) is 16.2 Å². The van der Waals surface area contributed by atoms with Gasteiger partial charge in [0.05, 0.1) is 5.56 Å². The average Bonchev–Trinajstić information content (AvgIpc) is 2.83. The minimum atomic E-state index is -0.225. The normalized spacial score (nSPS) is 10.1. The highest BCUT2D eigenvalue weighted by Gasteiger charge is 2.04. The molecule has 0 bridgehead atoms.